The van der Waals surface area contributed by atoms with E-state index < -0.39 is 0 Å². The van der Waals surface area contributed by atoms with Crippen LogP contribution in [0, 0.1) is 6.92 Å². The van der Waals surface area contributed by atoms with Gasteiger partial charge in [0.05, 0.1) is 19.2 Å². The number of imide groups is 1. The monoisotopic (exact) mass is 399 g/mol. The summed E-state index contributed by atoms with van der Waals surface area (Å²) in [4.78, 5) is 31.8. The largest absolute Gasteiger partial charge is 0.497 e. The van der Waals surface area contributed by atoms with Crippen molar-refractivity contribution < 1.29 is 14.3 Å². The first-order chi connectivity index (χ1) is 14.6. The van der Waals surface area contributed by atoms with Crippen molar-refractivity contribution in [3.8, 4) is 5.75 Å². The number of nitrogens with zero attached hydrogens (tertiary/aromatic N) is 2. The van der Waals surface area contributed by atoms with Gasteiger partial charge >= 0.3 is 0 Å². The maximum Gasteiger partial charge on any atom is 0.278 e. The first-order valence-corrected chi connectivity index (χ1v) is 9.54. The fraction of sp³-hybridized carbons (Fsp3) is 0.125. The summed E-state index contributed by atoms with van der Waals surface area (Å²) >= 11 is 0. The Balaban J connectivity index is 1.73. The van der Waals surface area contributed by atoms with Gasteiger partial charge in [0.15, 0.2) is 0 Å². The van der Waals surface area contributed by atoms with Crippen LogP contribution in [-0.4, -0.2) is 28.8 Å². The van der Waals surface area contributed by atoms with Crippen LogP contribution in [0.4, 0.5) is 5.69 Å². The van der Waals surface area contributed by atoms with E-state index in [1.165, 1.54) is 4.90 Å². The normalized spacial score (nSPS) is 13.7. The van der Waals surface area contributed by atoms with E-state index in [2.05, 4.69) is 10.3 Å². The Hall–Kier alpha value is -3.93. The Morgan fingerprint density at radius 2 is 1.57 bits per heavy atom. The van der Waals surface area contributed by atoms with Gasteiger partial charge in [-0.05, 0) is 54.4 Å². The summed E-state index contributed by atoms with van der Waals surface area (Å²) in [7, 11) is 1.58. The van der Waals surface area contributed by atoms with E-state index in [0.717, 1.165) is 16.8 Å². The molecule has 0 radical (unpaired) electrons. The molecule has 2 amide bonds. The van der Waals surface area contributed by atoms with Crippen LogP contribution in [0.5, 0.6) is 5.75 Å². The second-order valence-electron chi connectivity index (χ2n) is 7.02. The second-order valence-corrected chi connectivity index (χ2v) is 7.02. The van der Waals surface area contributed by atoms with E-state index in [4.69, 9.17) is 4.74 Å². The predicted molar refractivity (Wildman–Crippen MR) is 115 cm³/mol. The molecule has 1 aliphatic heterocycles. The quantitative estimate of drug-likeness (QED) is 0.639. The summed E-state index contributed by atoms with van der Waals surface area (Å²) in [5, 5.41) is 3.17. The highest BCUT2D eigenvalue weighted by Gasteiger charge is 2.39. The van der Waals surface area contributed by atoms with Crippen LogP contribution >= 0.6 is 0 Å². The molecule has 2 heterocycles. The van der Waals surface area contributed by atoms with Gasteiger partial charge in [-0.25, -0.2) is 0 Å². The Bertz CT molecular complexity index is 1100. The molecule has 0 bridgehead atoms. The Morgan fingerprint density at radius 3 is 2.20 bits per heavy atom. The number of amides is 2. The lowest BCUT2D eigenvalue weighted by Gasteiger charge is -2.15. The molecule has 0 spiro atoms. The number of hydrogen-bond donors (Lipinski definition) is 1. The minimum Gasteiger partial charge on any atom is -0.497 e. The molecular weight excluding hydrogens is 378 g/mol. The Labute approximate surface area is 174 Å². The van der Waals surface area contributed by atoms with Crippen molar-refractivity contribution in [3.63, 3.8) is 0 Å². The maximum atomic E-state index is 13.3. The van der Waals surface area contributed by atoms with Crippen molar-refractivity contribution in [1.82, 2.24) is 9.88 Å². The van der Waals surface area contributed by atoms with Crippen LogP contribution in [0.15, 0.2) is 78.8 Å². The van der Waals surface area contributed by atoms with Gasteiger partial charge in [0.25, 0.3) is 11.8 Å². The average Bonchev–Trinajstić information content (AvgIpc) is 3.00. The molecule has 0 saturated carbocycles. The summed E-state index contributed by atoms with van der Waals surface area (Å²) in [6.45, 7) is 2.17. The summed E-state index contributed by atoms with van der Waals surface area (Å²) in [5.41, 5.74) is 3.95. The number of carbonyl (C=O) groups is 2. The lowest BCUT2D eigenvalue weighted by Crippen LogP contribution is -2.32. The van der Waals surface area contributed by atoms with Gasteiger partial charge in [-0.2, -0.15) is 0 Å². The van der Waals surface area contributed by atoms with Gasteiger partial charge in [-0.3, -0.25) is 19.5 Å². The Morgan fingerprint density at radius 1 is 0.900 bits per heavy atom. The smallest absolute Gasteiger partial charge is 0.278 e. The number of benzene rings is 2. The molecule has 30 heavy (non-hydrogen) atoms. The molecule has 1 aliphatic rings. The molecule has 0 fully saturated rings. The number of nitrogens with one attached hydrogen (secondary N) is 1. The molecule has 0 saturated heterocycles. The van der Waals surface area contributed by atoms with E-state index in [1.807, 2.05) is 31.2 Å². The maximum absolute atomic E-state index is 13.3. The number of ether oxygens (including phenoxy) is 1. The molecule has 4 rings (SSSR count). The lowest BCUT2D eigenvalue weighted by atomic mass is 10.0. The molecule has 0 atom stereocenters. The molecule has 6 heteroatoms. The minimum atomic E-state index is -0.358. The molecule has 150 valence electrons. The van der Waals surface area contributed by atoms with E-state index >= 15 is 0 Å². The van der Waals surface area contributed by atoms with Crippen LogP contribution < -0.4 is 10.1 Å². The summed E-state index contributed by atoms with van der Waals surface area (Å²) < 4.78 is 5.21. The average molecular weight is 399 g/mol. The van der Waals surface area contributed by atoms with Gasteiger partial charge in [0.1, 0.15) is 11.4 Å². The predicted octanol–water partition coefficient (Wildman–Crippen LogP) is 3.79. The minimum absolute atomic E-state index is 0.179. The highest BCUT2D eigenvalue weighted by atomic mass is 16.5. The zero-order chi connectivity index (χ0) is 21.1. The van der Waals surface area contributed by atoms with E-state index in [-0.39, 0.29) is 24.1 Å². The van der Waals surface area contributed by atoms with Gasteiger partial charge in [0, 0.05) is 18.1 Å². The zero-order valence-corrected chi connectivity index (χ0v) is 16.8. The third-order valence-corrected chi connectivity index (χ3v) is 4.96. The topological polar surface area (TPSA) is 71.5 Å². The number of hydrogen-bond acceptors (Lipinski definition) is 5. The van der Waals surface area contributed by atoms with Crippen molar-refractivity contribution in [2.24, 2.45) is 0 Å². The number of aromatic nitrogens is 1. The Kier molecular flexibility index (Phi) is 5.30. The highest BCUT2D eigenvalue weighted by Crippen LogP contribution is 2.32. The summed E-state index contributed by atoms with van der Waals surface area (Å²) in [5.74, 6) is -0.0161. The van der Waals surface area contributed by atoms with Crippen LogP contribution in [-0.2, 0) is 16.1 Å². The number of carbonyl (C=O) groups excluding carboxylic acids is 2. The standard InChI is InChI=1S/C24H21N3O3/c1-16-3-7-19(8-4-16)26-22-21(18-5-9-20(30-2)10-6-18)23(28)27(24(22)29)15-17-11-13-25-14-12-17/h3-14,26H,15H2,1-2H3. The number of aryl methyl sites for hydroxylation is 1. The summed E-state index contributed by atoms with van der Waals surface area (Å²) in [6.07, 6.45) is 3.28. The molecule has 1 N–H and O–H groups in total. The molecule has 0 unspecified atom stereocenters. The lowest BCUT2D eigenvalue weighted by molar-refractivity contribution is -0.137. The van der Waals surface area contributed by atoms with E-state index in [9.17, 15) is 9.59 Å². The SMILES string of the molecule is COc1ccc(C2=C(Nc3ccc(C)cc3)C(=O)N(Cc3ccncc3)C2=O)cc1. The van der Waals surface area contributed by atoms with Gasteiger partial charge in [-0.1, -0.05) is 29.8 Å². The van der Waals surface area contributed by atoms with Crippen molar-refractivity contribution in [2.45, 2.75) is 13.5 Å². The number of methoxy groups -OCH3 is 1. The van der Waals surface area contributed by atoms with Crippen molar-refractivity contribution in [2.75, 3.05) is 12.4 Å². The molecule has 1 aromatic heterocycles. The fourth-order valence-corrected chi connectivity index (χ4v) is 3.31. The molecule has 6 nitrogen and oxygen atoms in total. The molecule has 2 aromatic carbocycles. The van der Waals surface area contributed by atoms with Crippen LogP contribution in [0.3, 0.4) is 0 Å². The first kappa shape index (κ1) is 19.4. The third kappa shape index (κ3) is 3.80. The van der Waals surface area contributed by atoms with E-state index in [0.29, 0.717) is 16.9 Å². The number of pyridine rings is 1. The van der Waals surface area contributed by atoms with Crippen LogP contribution in [0.1, 0.15) is 16.7 Å². The van der Waals surface area contributed by atoms with Gasteiger partial charge in [0.2, 0.25) is 0 Å². The van der Waals surface area contributed by atoms with E-state index in [1.54, 1.807) is 55.9 Å². The molecule has 3 aromatic rings. The summed E-state index contributed by atoms with van der Waals surface area (Å²) in [6, 6.07) is 18.4. The zero-order valence-electron chi connectivity index (χ0n) is 16.8. The number of rotatable bonds is 6. The highest BCUT2D eigenvalue weighted by molar-refractivity contribution is 6.36. The fourth-order valence-electron chi connectivity index (χ4n) is 3.31. The molecule has 0 aliphatic carbocycles. The van der Waals surface area contributed by atoms with Gasteiger partial charge in [-0.15, -0.1) is 0 Å². The second kappa shape index (κ2) is 8.21. The van der Waals surface area contributed by atoms with Gasteiger partial charge < -0.3 is 10.1 Å². The first-order valence-electron chi connectivity index (χ1n) is 9.54. The van der Waals surface area contributed by atoms with Crippen LogP contribution in [0.25, 0.3) is 5.57 Å². The number of anilines is 1. The van der Waals surface area contributed by atoms with Crippen molar-refractivity contribution >= 4 is 23.1 Å². The van der Waals surface area contributed by atoms with Crippen LogP contribution in [0.2, 0.25) is 0 Å². The van der Waals surface area contributed by atoms with Crippen molar-refractivity contribution in [3.05, 3.63) is 95.4 Å². The third-order valence-electron chi connectivity index (χ3n) is 4.96. The van der Waals surface area contributed by atoms with Crippen molar-refractivity contribution in [1.29, 1.82) is 0 Å². The molecular formula is C24H21N3O3.